The molecular weight excluding hydrogens is 428 g/mol. The second-order valence-corrected chi connectivity index (χ2v) is 8.29. The number of nitrogens with one attached hydrogen (secondary N) is 1. The first kappa shape index (κ1) is 23.9. The molecule has 2 amide bonds. The first-order valence-corrected chi connectivity index (χ1v) is 11.5. The molecule has 3 rings (SSSR count). The quantitative estimate of drug-likeness (QED) is 0.563. The number of benzene rings is 2. The zero-order chi connectivity index (χ0) is 22.9. The number of hydrogen-bond acceptors (Lipinski definition) is 4. The number of ether oxygens (including phenoxy) is 2. The third-order valence-corrected chi connectivity index (χ3v) is 6.12. The van der Waals surface area contributed by atoms with Crippen molar-refractivity contribution in [3.63, 3.8) is 0 Å². The molecule has 0 saturated heterocycles. The molecule has 7 heteroatoms. The van der Waals surface area contributed by atoms with Crippen LogP contribution in [0.2, 0.25) is 0 Å². The standard InChI is InChI=1S/C25H31ClN2O4/c1-31-21-12-8-18(9-13-21)17-28(23(29)16-26)24(19-10-14-22(32-2)15-11-19)25(30)27-20-6-4-3-5-7-20/h8-15,20,24H,3-7,16-17H2,1-2H3,(H,27,30). The number of halogens is 1. The highest BCUT2D eigenvalue weighted by Gasteiger charge is 2.32. The minimum Gasteiger partial charge on any atom is -0.497 e. The molecule has 6 nitrogen and oxygen atoms in total. The van der Waals surface area contributed by atoms with E-state index in [1.54, 1.807) is 31.3 Å². The lowest BCUT2D eigenvalue weighted by Crippen LogP contribution is -2.47. The maximum absolute atomic E-state index is 13.5. The summed E-state index contributed by atoms with van der Waals surface area (Å²) in [5.41, 5.74) is 1.60. The summed E-state index contributed by atoms with van der Waals surface area (Å²) in [6.45, 7) is 0.254. The maximum atomic E-state index is 13.5. The van der Waals surface area contributed by atoms with Crippen molar-refractivity contribution in [3.8, 4) is 11.5 Å². The second kappa shape index (κ2) is 11.8. The predicted octanol–water partition coefficient (Wildman–Crippen LogP) is 4.46. The van der Waals surface area contributed by atoms with Crippen LogP contribution in [0.3, 0.4) is 0 Å². The molecule has 0 aromatic heterocycles. The Morgan fingerprint density at radius 3 is 2.06 bits per heavy atom. The number of amides is 2. The van der Waals surface area contributed by atoms with Gasteiger partial charge >= 0.3 is 0 Å². The van der Waals surface area contributed by atoms with Crippen molar-refractivity contribution in [2.75, 3.05) is 20.1 Å². The van der Waals surface area contributed by atoms with E-state index in [-0.39, 0.29) is 30.3 Å². The van der Waals surface area contributed by atoms with Gasteiger partial charge in [0.25, 0.3) is 0 Å². The summed E-state index contributed by atoms with van der Waals surface area (Å²) < 4.78 is 10.5. The summed E-state index contributed by atoms with van der Waals surface area (Å²) in [5.74, 6) is 0.715. The minimum atomic E-state index is -0.795. The molecule has 0 aliphatic heterocycles. The van der Waals surface area contributed by atoms with Gasteiger partial charge in [0, 0.05) is 12.6 Å². The Morgan fingerprint density at radius 1 is 0.969 bits per heavy atom. The van der Waals surface area contributed by atoms with Crippen LogP contribution in [0, 0.1) is 0 Å². The number of rotatable bonds is 9. The van der Waals surface area contributed by atoms with Gasteiger partial charge in [-0.15, -0.1) is 11.6 Å². The summed E-state index contributed by atoms with van der Waals surface area (Å²) in [6.07, 6.45) is 5.33. The Morgan fingerprint density at radius 2 is 1.53 bits per heavy atom. The number of methoxy groups -OCH3 is 2. The number of alkyl halides is 1. The molecule has 1 aliphatic carbocycles. The smallest absolute Gasteiger partial charge is 0.247 e. The zero-order valence-electron chi connectivity index (χ0n) is 18.7. The Balaban J connectivity index is 1.92. The monoisotopic (exact) mass is 458 g/mol. The number of carbonyl (C=O) groups excluding carboxylic acids is 2. The van der Waals surface area contributed by atoms with Gasteiger partial charge in [-0.05, 0) is 48.2 Å². The average molecular weight is 459 g/mol. The van der Waals surface area contributed by atoms with Crippen LogP contribution in [0.1, 0.15) is 49.3 Å². The summed E-state index contributed by atoms with van der Waals surface area (Å²) in [6, 6.07) is 14.0. The third-order valence-electron chi connectivity index (χ3n) is 5.89. The van der Waals surface area contributed by atoms with E-state index >= 15 is 0 Å². The van der Waals surface area contributed by atoms with E-state index in [0.717, 1.165) is 37.0 Å². The molecule has 0 heterocycles. The molecule has 172 valence electrons. The Hall–Kier alpha value is -2.73. The highest BCUT2D eigenvalue weighted by molar-refractivity contribution is 6.27. The molecule has 32 heavy (non-hydrogen) atoms. The molecule has 1 fully saturated rings. The van der Waals surface area contributed by atoms with E-state index in [2.05, 4.69) is 5.32 Å². The van der Waals surface area contributed by atoms with Gasteiger partial charge in [-0.25, -0.2) is 0 Å². The van der Waals surface area contributed by atoms with E-state index in [0.29, 0.717) is 11.3 Å². The lowest BCUT2D eigenvalue weighted by molar-refractivity contribution is -0.140. The van der Waals surface area contributed by atoms with Crippen LogP contribution in [-0.4, -0.2) is 42.9 Å². The van der Waals surface area contributed by atoms with Crippen molar-refractivity contribution in [3.05, 3.63) is 59.7 Å². The van der Waals surface area contributed by atoms with Crippen molar-refractivity contribution in [1.29, 1.82) is 0 Å². The van der Waals surface area contributed by atoms with Crippen molar-refractivity contribution in [1.82, 2.24) is 10.2 Å². The maximum Gasteiger partial charge on any atom is 0.247 e. The van der Waals surface area contributed by atoms with Crippen molar-refractivity contribution in [2.24, 2.45) is 0 Å². The Bertz CT molecular complexity index is 880. The first-order valence-electron chi connectivity index (χ1n) is 11.0. The largest absolute Gasteiger partial charge is 0.497 e. The fourth-order valence-corrected chi connectivity index (χ4v) is 4.27. The van der Waals surface area contributed by atoms with Gasteiger partial charge in [0.1, 0.15) is 23.4 Å². The van der Waals surface area contributed by atoms with Gasteiger partial charge in [-0.3, -0.25) is 9.59 Å². The van der Waals surface area contributed by atoms with E-state index in [4.69, 9.17) is 21.1 Å². The molecule has 2 aromatic carbocycles. The van der Waals surface area contributed by atoms with Crippen LogP contribution in [-0.2, 0) is 16.1 Å². The molecule has 1 atom stereocenters. The Labute approximate surface area is 194 Å². The van der Waals surface area contributed by atoms with E-state index in [1.165, 1.54) is 6.42 Å². The lowest BCUT2D eigenvalue weighted by Gasteiger charge is -2.33. The van der Waals surface area contributed by atoms with Crippen LogP contribution < -0.4 is 14.8 Å². The topological polar surface area (TPSA) is 67.9 Å². The van der Waals surface area contributed by atoms with Crippen LogP contribution in [0.15, 0.2) is 48.5 Å². The van der Waals surface area contributed by atoms with Gasteiger partial charge in [0.15, 0.2) is 0 Å². The minimum absolute atomic E-state index is 0.130. The molecular formula is C25H31ClN2O4. The second-order valence-electron chi connectivity index (χ2n) is 8.02. The number of nitrogens with zero attached hydrogens (tertiary/aromatic N) is 1. The van der Waals surface area contributed by atoms with Crippen LogP contribution in [0.25, 0.3) is 0 Å². The van der Waals surface area contributed by atoms with Crippen LogP contribution in [0.5, 0.6) is 11.5 Å². The first-order chi connectivity index (χ1) is 15.5. The Kier molecular flexibility index (Phi) is 8.80. The highest BCUT2D eigenvalue weighted by Crippen LogP contribution is 2.28. The highest BCUT2D eigenvalue weighted by atomic mass is 35.5. The molecule has 1 saturated carbocycles. The molecule has 2 aromatic rings. The molecule has 1 unspecified atom stereocenters. The summed E-state index contributed by atoms with van der Waals surface area (Å²) in [4.78, 5) is 28.0. The summed E-state index contributed by atoms with van der Waals surface area (Å²) >= 11 is 5.97. The third kappa shape index (κ3) is 6.16. The van der Waals surface area contributed by atoms with Crippen LogP contribution >= 0.6 is 11.6 Å². The zero-order valence-corrected chi connectivity index (χ0v) is 19.4. The lowest BCUT2D eigenvalue weighted by atomic mass is 9.94. The van der Waals surface area contributed by atoms with E-state index in [1.807, 2.05) is 36.4 Å². The predicted molar refractivity (Wildman–Crippen MR) is 125 cm³/mol. The van der Waals surface area contributed by atoms with E-state index < -0.39 is 6.04 Å². The molecule has 0 spiro atoms. The fraction of sp³-hybridized carbons (Fsp3) is 0.440. The van der Waals surface area contributed by atoms with Crippen molar-refractivity contribution in [2.45, 2.75) is 50.7 Å². The molecule has 1 aliphatic rings. The van der Waals surface area contributed by atoms with Crippen molar-refractivity contribution >= 4 is 23.4 Å². The average Bonchev–Trinajstić information content (AvgIpc) is 2.84. The molecule has 1 N–H and O–H groups in total. The van der Waals surface area contributed by atoms with Crippen LogP contribution in [0.4, 0.5) is 0 Å². The molecule has 0 radical (unpaired) electrons. The normalized spacial score (nSPS) is 15.0. The van der Waals surface area contributed by atoms with Gasteiger partial charge in [-0.2, -0.15) is 0 Å². The van der Waals surface area contributed by atoms with Gasteiger partial charge in [0.05, 0.1) is 14.2 Å². The van der Waals surface area contributed by atoms with Gasteiger partial charge in [-0.1, -0.05) is 43.5 Å². The van der Waals surface area contributed by atoms with Crippen molar-refractivity contribution < 1.29 is 19.1 Å². The van der Waals surface area contributed by atoms with E-state index in [9.17, 15) is 9.59 Å². The van der Waals surface area contributed by atoms with Gasteiger partial charge in [0.2, 0.25) is 11.8 Å². The number of hydrogen-bond donors (Lipinski definition) is 1. The fourth-order valence-electron chi connectivity index (χ4n) is 4.11. The van der Waals surface area contributed by atoms with Gasteiger partial charge < -0.3 is 19.7 Å². The summed E-state index contributed by atoms with van der Waals surface area (Å²) in [5, 5.41) is 3.18. The number of carbonyl (C=O) groups is 2. The summed E-state index contributed by atoms with van der Waals surface area (Å²) in [7, 11) is 3.20. The molecule has 0 bridgehead atoms. The SMILES string of the molecule is COc1ccc(CN(C(=O)CCl)C(C(=O)NC2CCCCC2)c2ccc(OC)cc2)cc1.